The van der Waals surface area contributed by atoms with Crippen molar-refractivity contribution < 1.29 is 22.7 Å². The monoisotopic (exact) mass is 381 g/mol. The van der Waals surface area contributed by atoms with Crippen LogP contribution in [-0.2, 0) is 19.4 Å². The molecule has 26 heavy (non-hydrogen) atoms. The van der Waals surface area contributed by atoms with Gasteiger partial charge in [-0.15, -0.1) is 0 Å². The van der Waals surface area contributed by atoms with E-state index in [0.717, 1.165) is 27.8 Å². The second-order valence-corrected chi connectivity index (χ2v) is 9.37. The molecular weight excluding hydrogens is 354 g/mol. The van der Waals surface area contributed by atoms with E-state index >= 15 is 0 Å². The predicted molar refractivity (Wildman–Crippen MR) is 100 cm³/mol. The van der Waals surface area contributed by atoms with E-state index in [4.69, 9.17) is 4.74 Å². The van der Waals surface area contributed by atoms with E-state index in [2.05, 4.69) is 0 Å². The summed E-state index contributed by atoms with van der Waals surface area (Å²) < 4.78 is 28.4. The van der Waals surface area contributed by atoms with Gasteiger partial charge in [-0.1, -0.05) is 0 Å². The molecule has 1 aliphatic rings. The summed E-state index contributed by atoms with van der Waals surface area (Å²) >= 11 is 0. The largest absolute Gasteiger partial charge is 0.452 e. The van der Waals surface area contributed by atoms with Gasteiger partial charge in [0, 0.05) is 13.1 Å². The molecule has 0 spiro atoms. The molecule has 0 unspecified atom stereocenters. The Balaban J connectivity index is 2.09. The number of amides is 1. The topological polar surface area (TPSA) is 80.8 Å². The average Bonchev–Trinajstić information content (AvgIpc) is 2.95. The summed E-state index contributed by atoms with van der Waals surface area (Å²) in [5.41, 5.74) is 5.45. The first kappa shape index (κ1) is 20.4. The highest BCUT2D eigenvalue weighted by atomic mass is 32.2. The van der Waals surface area contributed by atoms with E-state index in [9.17, 15) is 18.0 Å². The predicted octanol–water partition coefficient (Wildman–Crippen LogP) is 2.03. The Labute approximate surface area is 155 Å². The van der Waals surface area contributed by atoms with Crippen LogP contribution in [0.25, 0.3) is 0 Å². The van der Waals surface area contributed by atoms with Gasteiger partial charge in [-0.3, -0.25) is 4.79 Å². The molecular formula is C19H27NO5S. The summed E-state index contributed by atoms with van der Waals surface area (Å²) in [6.07, 6.45) is 0.424. The van der Waals surface area contributed by atoms with Crippen LogP contribution < -0.4 is 0 Å². The van der Waals surface area contributed by atoms with Gasteiger partial charge in [0.05, 0.1) is 17.1 Å². The average molecular weight is 381 g/mol. The van der Waals surface area contributed by atoms with Crippen molar-refractivity contribution in [1.29, 1.82) is 0 Å². The Morgan fingerprint density at radius 3 is 1.96 bits per heavy atom. The number of carbonyl (C=O) groups excluding carboxylic acids is 2. The van der Waals surface area contributed by atoms with Crippen LogP contribution in [-0.4, -0.2) is 56.4 Å². The molecule has 1 heterocycles. The minimum absolute atomic E-state index is 0.0300. The second kappa shape index (κ2) is 7.39. The van der Waals surface area contributed by atoms with E-state index in [-0.39, 0.29) is 17.5 Å². The van der Waals surface area contributed by atoms with E-state index < -0.39 is 28.3 Å². The van der Waals surface area contributed by atoms with Gasteiger partial charge in [-0.05, 0) is 68.9 Å². The highest BCUT2D eigenvalue weighted by Crippen LogP contribution is 2.26. The maximum atomic E-state index is 12.6. The van der Waals surface area contributed by atoms with Crippen molar-refractivity contribution in [2.24, 2.45) is 0 Å². The van der Waals surface area contributed by atoms with E-state index in [0.29, 0.717) is 12.0 Å². The minimum Gasteiger partial charge on any atom is -0.452 e. The molecule has 0 aliphatic carbocycles. The lowest BCUT2D eigenvalue weighted by Gasteiger charge is -2.23. The first-order chi connectivity index (χ1) is 12.0. The molecule has 0 radical (unpaired) electrons. The molecule has 1 amide bonds. The molecule has 6 nitrogen and oxygen atoms in total. The standard InChI is InChI=1S/C19H27NO5S/c1-11-12(2)14(4)18(15(5)13(11)3)19(22)25-9-17(21)20(6)16-7-8-26(23,24)10-16/h16H,7-10H2,1-6H3/t16-/m1/s1. The van der Waals surface area contributed by atoms with Crippen LogP contribution in [0, 0.1) is 34.6 Å². The van der Waals surface area contributed by atoms with Crippen molar-refractivity contribution in [2.75, 3.05) is 25.2 Å². The lowest BCUT2D eigenvalue weighted by Crippen LogP contribution is -2.40. The summed E-state index contributed by atoms with van der Waals surface area (Å²) in [6.45, 7) is 9.32. The molecule has 144 valence electrons. The van der Waals surface area contributed by atoms with Gasteiger partial charge >= 0.3 is 5.97 Å². The van der Waals surface area contributed by atoms with Crippen molar-refractivity contribution in [2.45, 2.75) is 47.1 Å². The van der Waals surface area contributed by atoms with Gasteiger partial charge in [0.2, 0.25) is 0 Å². The highest BCUT2D eigenvalue weighted by Gasteiger charge is 2.33. The molecule has 0 aromatic heterocycles. The second-order valence-electron chi connectivity index (χ2n) is 7.14. The Morgan fingerprint density at radius 2 is 1.50 bits per heavy atom. The zero-order chi connectivity index (χ0) is 19.8. The van der Waals surface area contributed by atoms with Gasteiger partial charge in [0.1, 0.15) is 0 Å². The Hall–Kier alpha value is -1.89. The van der Waals surface area contributed by atoms with Gasteiger partial charge in [-0.25, -0.2) is 13.2 Å². The smallest absolute Gasteiger partial charge is 0.339 e. The van der Waals surface area contributed by atoms with E-state index in [1.54, 1.807) is 7.05 Å². The SMILES string of the molecule is Cc1c(C)c(C)c(C(=O)OCC(=O)N(C)[C@@H]2CCS(=O)(=O)C2)c(C)c1C. The van der Waals surface area contributed by atoms with Gasteiger partial charge < -0.3 is 9.64 Å². The van der Waals surface area contributed by atoms with E-state index in [1.807, 2.05) is 34.6 Å². The van der Waals surface area contributed by atoms with Crippen LogP contribution in [0.15, 0.2) is 0 Å². The normalized spacial score (nSPS) is 18.6. The van der Waals surface area contributed by atoms with Crippen LogP contribution in [0.3, 0.4) is 0 Å². The number of hydrogen-bond acceptors (Lipinski definition) is 5. The molecule has 1 saturated heterocycles. The van der Waals surface area contributed by atoms with Crippen molar-refractivity contribution in [3.63, 3.8) is 0 Å². The molecule has 0 saturated carbocycles. The number of rotatable bonds is 4. The molecule has 1 aliphatic heterocycles. The molecule has 2 rings (SSSR count). The fourth-order valence-electron chi connectivity index (χ4n) is 3.39. The number of nitrogens with zero attached hydrogens (tertiary/aromatic N) is 1. The van der Waals surface area contributed by atoms with Crippen LogP contribution in [0.4, 0.5) is 0 Å². The number of hydrogen-bond donors (Lipinski definition) is 0. The summed E-state index contributed by atoms with van der Waals surface area (Å²) in [6, 6.07) is -0.349. The maximum absolute atomic E-state index is 12.6. The number of likely N-dealkylation sites (N-methyl/N-ethyl adjacent to an activating group) is 1. The van der Waals surface area contributed by atoms with Crippen LogP contribution in [0.2, 0.25) is 0 Å². The summed E-state index contributed by atoms with van der Waals surface area (Å²) in [5.74, 6) is -0.851. The summed E-state index contributed by atoms with van der Waals surface area (Å²) in [4.78, 5) is 26.2. The number of esters is 1. The molecule has 1 atom stereocenters. The molecule has 0 N–H and O–H groups in total. The highest BCUT2D eigenvalue weighted by molar-refractivity contribution is 7.91. The number of carbonyl (C=O) groups is 2. The van der Waals surface area contributed by atoms with Crippen molar-refractivity contribution in [3.8, 4) is 0 Å². The third-order valence-electron chi connectivity index (χ3n) is 5.68. The lowest BCUT2D eigenvalue weighted by atomic mass is 9.90. The molecule has 7 heteroatoms. The Bertz CT molecular complexity index is 828. The van der Waals surface area contributed by atoms with Crippen molar-refractivity contribution in [1.82, 2.24) is 4.90 Å². The number of sulfone groups is 1. The fraction of sp³-hybridized carbons (Fsp3) is 0.579. The minimum atomic E-state index is -3.07. The first-order valence-electron chi connectivity index (χ1n) is 8.66. The fourth-order valence-corrected chi connectivity index (χ4v) is 5.17. The zero-order valence-electron chi connectivity index (χ0n) is 16.3. The Morgan fingerprint density at radius 1 is 1.00 bits per heavy atom. The molecule has 1 aromatic rings. The van der Waals surface area contributed by atoms with Crippen molar-refractivity contribution >= 4 is 21.7 Å². The Kier molecular flexibility index (Phi) is 5.80. The molecule has 1 aromatic carbocycles. The van der Waals surface area contributed by atoms with E-state index in [1.165, 1.54) is 4.90 Å². The van der Waals surface area contributed by atoms with Crippen LogP contribution >= 0.6 is 0 Å². The third kappa shape index (κ3) is 3.92. The molecule has 0 bridgehead atoms. The van der Waals surface area contributed by atoms with Crippen LogP contribution in [0.5, 0.6) is 0 Å². The quantitative estimate of drug-likeness (QED) is 0.746. The molecule has 1 fully saturated rings. The maximum Gasteiger partial charge on any atom is 0.339 e. The zero-order valence-corrected chi connectivity index (χ0v) is 17.1. The van der Waals surface area contributed by atoms with Gasteiger partial charge in [-0.2, -0.15) is 0 Å². The summed E-state index contributed by atoms with van der Waals surface area (Å²) in [5, 5.41) is 0. The third-order valence-corrected chi connectivity index (χ3v) is 7.43. The first-order valence-corrected chi connectivity index (χ1v) is 10.5. The number of ether oxygens (including phenoxy) is 1. The number of benzene rings is 1. The van der Waals surface area contributed by atoms with Gasteiger partial charge in [0.25, 0.3) is 5.91 Å². The van der Waals surface area contributed by atoms with Crippen LogP contribution in [0.1, 0.15) is 44.6 Å². The van der Waals surface area contributed by atoms with Gasteiger partial charge in [0.15, 0.2) is 16.4 Å². The lowest BCUT2D eigenvalue weighted by molar-refractivity contribution is -0.134. The van der Waals surface area contributed by atoms with Crippen molar-refractivity contribution in [3.05, 3.63) is 33.4 Å². The summed E-state index contributed by atoms with van der Waals surface area (Å²) in [7, 11) is -1.52.